The molecule has 1 aromatic heterocycles. The minimum atomic E-state index is -0.442. The summed E-state index contributed by atoms with van der Waals surface area (Å²) in [4.78, 5) is 17.0. The normalized spacial score (nSPS) is 16.1. The standard InChI is InChI=1S/C16H21N5O2/c1-11(2)20-10-18-15-13(8-14(21(22)23)19-16(15)20)17-9-12-6-4-3-5-7-12/h4,6-8,11,18H,3,5,9-10H2,1-2H3,(H,17,19). The minimum Gasteiger partial charge on any atom is -0.379 e. The highest BCUT2D eigenvalue weighted by Gasteiger charge is 2.31. The highest BCUT2D eigenvalue weighted by Crippen LogP contribution is 2.39. The van der Waals surface area contributed by atoms with E-state index in [-0.39, 0.29) is 11.9 Å². The van der Waals surface area contributed by atoms with Crippen molar-refractivity contribution in [3.8, 4) is 0 Å². The fourth-order valence-electron chi connectivity index (χ4n) is 2.80. The molecule has 2 aliphatic rings. The van der Waals surface area contributed by atoms with Crippen LogP contribution >= 0.6 is 0 Å². The number of hydrogen-bond acceptors (Lipinski definition) is 6. The van der Waals surface area contributed by atoms with Crippen molar-refractivity contribution in [2.75, 3.05) is 28.7 Å². The summed E-state index contributed by atoms with van der Waals surface area (Å²) in [5, 5.41) is 17.8. The van der Waals surface area contributed by atoms with Crippen molar-refractivity contribution >= 4 is 23.0 Å². The number of rotatable bonds is 5. The van der Waals surface area contributed by atoms with Crippen LogP contribution in [0.5, 0.6) is 0 Å². The van der Waals surface area contributed by atoms with Crippen molar-refractivity contribution in [2.45, 2.75) is 32.7 Å². The van der Waals surface area contributed by atoms with Crippen molar-refractivity contribution in [1.29, 1.82) is 0 Å². The molecule has 7 nitrogen and oxygen atoms in total. The van der Waals surface area contributed by atoms with Gasteiger partial charge in [0.2, 0.25) is 0 Å². The molecule has 23 heavy (non-hydrogen) atoms. The molecule has 122 valence electrons. The average molecular weight is 315 g/mol. The molecular weight excluding hydrogens is 294 g/mol. The molecule has 0 saturated heterocycles. The topological polar surface area (TPSA) is 83.3 Å². The highest BCUT2D eigenvalue weighted by molar-refractivity contribution is 5.85. The smallest absolute Gasteiger partial charge is 0.368 e. The molecule has 7 heteroatoms. The number of nitrogens with zero attached hydrogens (tertiary/aromatic N) is 3. The number of pyridine rings is 1. The fraction of sp³-hybridized carbons (Fsp3) is 0.438. The van der Waals surface area contributed by atoms with E-state index in [1.165, 1.54) is 11.6 Å². The van der Waals surface area contributed by atoms with Crippen molar-refractivity contribution < 1.29 is 4.92 Å². The van der Waals surface area contributed by atoms with Crippen LogP contribution in [0.3, 0.4) is 0 Å². The van der Waals surface area contributed by atoms with Crippen LogP contribution < -0.4 is 15.5 Å². The zero-order valence-corrected chi connectivity index (χ0v) is 13.4. The summed E-state index contributed by atoms with van der Waals surface area (Å²) in [5.41, 5.74) is 2.76. The van der Waals surface area contributed by atoms with E-state index in [2.05, 4.69) is 33.8 Å². The highest BCUT2D eigenvalue weighted by atomic mass is 16.6. The van der Waals surface area contributed by atoms with E-state index >= 15 is 0 Å². The van der Waals surface area contributed by atoms with Crippen LogP contribution in [0.2, 0.25) is 0 Å². The molecule has 0 radical (unpaired) electrons. The van der Waals surface area contributed by atoms with Gasteiger partial charge in [0.25, 0.3) is 5.82 Å². The SMILES string of the molecule is CC(C)N1CNc2c(NCC3=CCCC=C3)cc([N+](=O)[O-])nc21. The van der Waals surface area contributed by atoms with Crippen molar-refractivity contribution in [1.82, 2.24) is 4.98 Å². The number of hydrogen-bond donors (Lipinski definition) is 2. The molecule has 0 bridgehead atoms. The van der Waals surface area contributed by atoms with Gasteiger partial charge in [0.05, 0.1) is 18.4 Å². The Kier molecular flexibility index (Phi) is 4.18. The van der Waals surface area contributed by atoms with Gasteiger partial charge < -0.3 is 25.6 Å². The van der Waals surface area contributed by atoms with Crippen LogP contribution in [0.15, 0.2) is 29.9 Å². The monoisotopic (exact) mass is 315 g/mol. The third-order valence-corrected chi connectivity index (χ3v) is 4.05. The molecule has 0 atom stereocenters. The molecule has 1 aromatic rings. The van der Waals surface area contributed by atoms with Gasteiger partial charge in [0.15, 0.2) is 0 Å². The molecule has 0 spiro atoms. The Hall–Kier alpha value is -2.57. The van der Waals surface area contributed by atoms with Crippen LogP contribution in [0.4, 0.5) is 23.0 Å². The molecule has 2 N–H and O–H groups in total. The maximum atomic E-state index is 11.2. The lowest BCUT2D eigenvalue weighted by atomic mass is 10.1. The second-order valence-corrected chi connectivity index (χ2v) is 5.99. The Morgan fingerprint density at radius 2 is 2.30 bits per heavy atom. The first-order chi connectivity index (χ1) is 11.1. The van der Waals surface area contributed by atoms with Gasteiger partial charge in [-0.2, -0.15) is 0 Å². The second-order valence-electron chi connectivity index (χ2n) is 5.99. The summed E-state index contributed by atoms with van der Waals surface area (Å²) in [6.07, 6.45) is 8.55. The molecule has 0 unspecified atom stereocenters. The van der Waals surface area contributed by atoms with E-state index in [0.717, 1.165) is 24.2 Å². The molecular formula is C16H21N5O2. The molecule has 3 rings (SSSR count). The van der Waals surface area contributed by atoms with Crippen molar-refractivity contribution in [3.05, 3.63) is 40.0 Å². The van der Waals surface area contributed by atoms with Crippen LogP contribution in [0, 0.1) is 10.1 Å². The Bertz CT molecular complexity index is 681. The van der Waals surface area contributed by atoms with Crippen LogP contribution in [-0.2, 0) is 0 Å². The first kappa shape index (κ1) is 15.3. The quantitative estimate of drug-likeness (QED) is 0.641. The van der Waals surface area contributed by atoms with Crippen LogP contribution in [-0.4, -0.2) is 29.2 Å². The van der Waals surface area contributed by atoms with Gasteiger partial charge in [-0.05, 0) is 42.2 Å². The van der Waals surface area contributed by atoms with Gasteiger partial charge >= 0.3 is 5.82 Å². The van der Waals surface area contributed by atoms with Gasteiger partial charge in [-0.15, -0.1) is 0 Å². The first-order valence-electron chi connectivity index (χ1n) is 7.85. The lowest BCUT2D eigenvalue weighted by Gasteiger charge is -2.18. The lowest BCUT2D eigenvalue weighted by molar-refractivity contribution is -0.389. The third kappa shape index (κ3) is 3.13. The number of anilines is 3. The second kappa shape index (κ2) is 6.28. The zero-order valence-electron chi connectivity index (χ0n) is 13.4. The summed E-state index contributed by atoms with van der Waals surface area (Å²) in [7, 11) is 0. The van der Waals surface area contributed by atoms with E-state index in [0.29, 0.717) is 19.0 Å². The molecule has 1 aliphatic heterocycles. The number of nitro groups is 1. The Balaban J connectivity index is 1.90. The number of nitrogens with one attached hydrogen (secondary N) is 2. The van der Waals surface area contributed by atoms with Gasteiger partial charge in [0.1, 0.15) is 5.69 Å². The predicted octanol–water partition coefficient (Wildman–Crippen LogP) is 3.28. The third-order valence-electron chi connectivity index (χ3n) is 4.05. The van der Waals surface area contributed by atoms with E-state index < -0.39 is 4.92 Å². The number of allylic oxidation sites excluding steroid dienone is 2. The van der Waals surface area contributed by atoms with Crippen molar-refractivity contribution in [3.63, 3.8) is 0 Å². The largest absolute Gasteiger partial charge is 0.379 e. The summed E-state index contributed by atoms with van der Waals surface area (Å²) in [6, 6.07) is 1.72. The van der Waals surface area contributed by atoms with Crippen molar-refractivity contribution in [2.24, 2.45) is 0 Å². The van der Waals surface area contributed by atoms with E-state index in [4.69, 9.17) is 0 Å². The minimum absolute atomic E-state index is 0.131. The predicted molar refractivity (Wildman–Crippen MR) is 91.9 cm³/mol. The van der Waals surface area contributed by atoms with E-state index in [1.807, 2.05) is 18.7 Å². The van der Waals surface area contributed by atoms with Crippen LogP contribution in [0.25, 0.3) is 0 Å². The Morgan fingerprint density at radius 3 is 2.96 bits per heavy atom. The number of fused-ring (bicyclic) bond motifs is 1. The van der Waals surface area contributed by atoms with E-state index in [1.54, 1.807) is 0 Å². The van der Waals surface area contributed by atoms with Gasteiger partial charge in [-0.1, -0.05) is 18.2 Å². The first-order valence-corrected chi connectivity index (χ1v) is 7.85. The summed E-state index contributed by atoms with van der Waals surface area (Å²) in [5.74, 6) is 0.513. The summed E-state index contributed by atoms with van der Waals surface area (Å²) in [6.45, 7) is 5.34. The Labute approximate surface area is 135 Å². The maximum Gasteiger partial charge on any atom is 0.368 e. The molecule has 1 aliphatic carbocycles. The molecule has 0 aromatic carbocycles. The summed E-state index contributed by atoms with van der Waals surface area (Å²) < 4.78 is 0. The lowest BCUT2D eigenvalue weighted by Crippen LogP contribution is -2.30. The molecule has 2 heterocycles. The van der Waals surface area contributed by atoms with Gasteiger partial charge in [0, 0.05) is 12.6 Å². The molecule has 0 amide bonds. The van der Waals surface area contributed by atoms with Gasteiger partial charge in [-0.25, -0.2) is 0 Å². The molecule has 0 saturated carbocycles. The summed E-state index contributed by atoms with van der Waals surface area (Å²) >= 11 is 0. The maximum absolute atomic E-state index is 11.2. The number of aromatic nitrogens is 1. The Morgan fingerprint density at radius 1 is 1.48 bits per heavy atom. The zero-order chi connectivity index (χ0) is 16.4. The fourth-order valence-corrected chi connectivity index (χ4v) is 2.80. The van der Waals surface area contributed by atoms with Crippen LogP contribution in [0.1, 0.15) is 26.7 Å². The van der Waals surface area contributed by atoms with E-state index in [9.17, 15) is 10.1 Å². The average Bonchev–Trinajstić information content (AvgIpc) is 2.97. The molecule has 0 fully saturated rings. The van der Waals surface area contributed by atoms with Gasteiger partial charge in [-0.3, -0.25) is 0 Å².